The molecule has 48 valence electrons. The third-order valence-corrected chi connectivity index (χ3v) is 1.02. The lowest BCUT2D eigenvalue weighted by atomic mass is 10.8. The Morgan fingerprint density at radius 1 is 1.62 bits per heavy atom. The maximum Gasteiger partial charge on any atom is 0.0526 e. The van der Waals surface area contributed by atoms with Gasteiger partial charge in [-0.15, -0.1) is 4.91 Å². The molecule has 0 atom stereocenters. The van der Waals surface area contributed by atoms with Crippen LogP contribution in [0.4, 0.5) is 0 Å². The molecular weight excluding hydrogens is 107 g/mol. The highest BCUT2D eigenvalue weighted by Crippen LogP contribution is 1.95. The van der Waals surface area contributed by atoms with Crippen molar-refractivity contribution in [1.29, 1.82) is 0 Å². The summed E-state index contributed by atoms with van der Waals surface area (Å²) in [6, 6.07) is 0.234. The normalized spacial score (nSPS) is 9.50. The van der Waals surface area contributed by atoms with Crippen LogP contribution in [0, 0.1) is 4.91 Å². The topological polar surface area (TPSA) is 32.7 Å². The van der Waals surface area contributed by atoms with Crippen molar-refractivity contribution in [3.63, 3.8) is 0 Å². The van der Waals surface area contributed by atoms with Gasteiger partial charge in [-0.2, -0.15) is 0 Å². The second kappa shape index (κ2) is 3.41. The van der Waals surface area contributed by atoms with Gasteiger partial charge < -0.3 is 0 Å². The Bertz CT molecular complexity index is 72.8. The van der Waals surface area contributed by atoms with E-state index < -0.39 is 0 Å². The summed E-state index contributed by atoms with van der Waals surface area (Å²) in [6.45, 7) is 6.47. The molecule has 0 aliphatic heterocycles. The van der Waals surface area contributed by atoms with Crippen LogP contribution < -0.4 is 0 Å². The van der Waals surface area contributed by atoms with Crippen molar-refractivity contribution in [3.05, 3.63) is 4.91 Å². The Hall–Kier alpha value is -0.600. The highest BCUT2D eigenvalue weighted by atomic mass is 16.3. The molecule has 0 aromatic carbocycles. The first-order valence-electron chi connectivity index (χ1n) is 2.82. The average molecular weight is 119 g/mol. The van der Waals surface area contributed by atoms with Crippen LogP contribution in [-0.2, 0) is 0 Å². The van der Waals surface area contributed by atoms with Crippen LogP contribution in [0.25, 0.3) is 0 Å². The van der Waals surface area contributed by atoms with Gasteiger partial charge in [-0.25, -0.2) is 0 Å². The average Bonchev–Trinajstić information content (AvgIpc) is 1.69. The van der Waals surface area contributed by atoms with Crippen molar-refractivity contribution in [1.82, 2.24) is 5.01 Å². The highest BCUT2D eigenvalue weighted by Gasteiger charge is 2.01. The third-order valence-electron chi connectivity index (χ3n) is 1.02. The molecule has 3 heteroatoms. The SMILES string of the molecule is CCN(N=O)[13CH]([13CH3])[13CH3]. The van der Waals surface area contributed by atoms with E-state index in [0.717, 1.165) is 0 Å². The van der Waals surface area contributed by atoms with Crippen molar-refractivity contribution in [3.8, 4) is 0 Å². The van der Waals surface area contributed by atoms with Gasteiger partial charge >= 0.3 is 0 Å². The zero-order valence-corrected chi connectivity index (χ0v) is 5.59. The van der Waals surface area contributed by atoms with Crippen LogP contribution >= 0.6 is 0 Å². The zero-order valence-electron chi connectivity index (χ0n) is 5.59. The van der Waals surface area contributed by atoms with Crippen LogP contribution in [0.3, 0.4) is 0 Å². The molecule has 0 radical (unpaired) electrons. The van der Waals surface area contributed by atoms with Gasteiger partial charge in [-0.3, -0.25) is 5.01 Å². The molecule has 0 amide bonds. The van der Waals surface area contributed by atoms with Crippen molar-refractivity contribution < 1.29 is 0 Å². The van der Waals surface area contributed by atoms with Gasteiger partial charge in [0, 0.05) is 12.6 Å². The quantitative estimate of drug-likeness (QED) is 0.319. The molecule has 0 rings (SSSR count). The fourth-order valence-corrected chi connectivity index (χ4v) is 0.517. The van der Waals surface area contributed by atoms with Gasteiger partial charge in [0.2, 0.25) is 0 Å². The van der Waals surface area contributed by atoms with Gasteiger partial charge in [0.15, 0.2) is 0 Å². The fraction of sp³-hybridized carbons (Fsp3) is 1.00. The van der Waals surface area contributed by atoms with Crippen molar-refractivity contribution in [2.45, 2.75) is 26.8 Å². The summed E-state index contributed by atoms with van der Waals surface area (Å²) in [5, 5.41) is 4.28. The summed E-state index contributed by atoms with van der Waals surface area (Å²) < 4.78 is 0. The minimum absolute atomic E-state index is 0.234. The maximum atomic E-state index is 9.85. The number of nitroso groups, excluding NO2 is 1. The zero-order chi connectivity index (χ0) is 6.57. The monoisotopic (exact) mass is 119 g/mol. The van der Waals surface area contributed by atoms with E-state index in [1.165, 1.54) is 5.01 Å². The second-order valence-electron chi connectivity index (χ2n) is 1.93. The van der Waals surface area contributed by atoms with E-state index in [1.807, 2.05) is 20.8 Å². The Morgan fingerprint density at radius 2 is 2.12 bits per heavy atom. The van der Waals surface area contributed by atoms with E-state index in [0.29, 0.717) is 6.54 Å². The molecule has 0 aromatic heterocycles. The Balaban J connectivity index is 3.51. The van der Waals surface area contributed by atoms with Gasteiger partial charge in [-0.1, -0.05) is 0 Å². The Morgan fingerprint density at radius 3 is 2.12 bits per heavy atom. The van der Waals surface area contributed by atoms with Crippen LogP contribution in [0.5, 0.6) is 0 Å². The highest BCUT2D eigenvalue weighted by molar-refractivity contribution is 4.52. The summed E-state index contributed by atoms with van der Waals surface area (Å²) in [5.74, 6) is 0. The molecule has 0 saturated heterocycles. The second-order valence-corrected chi connectivity index (χ2v) is 1.93. The smallest absolute Gasteiger partial charge is 0.0526 e. The van der Waals surface area contributed by atoms with E-state index in [9.17, 15) is 4.91 Å². The van der Waals surface area contributed by atoms with Gasteiger partial charge in [0.25, 0.3) is 0 Å². The maximum absolute atomic E-state index is 9.85. The van der Waals surface area contributed by atoms with E-state index in [2.05, 4.69) is 5.29 Å². The largest absolute Gasteiger partial charge is 0.259 e. The number of hydrogen-bond donors (Lipinski definition) is 0. The molecule has 0 aromatic rings. The van der Waals surface area contributed by atoms with Gasteiger partial charge in [-0.05, 0) is 20.8 Å². The molecule has 0 spiro atoms. The number of hydrogen-bond acceptors (Lipinski definition) is 2. The number of rotatable bonds is 3. The summed E-state index contributed by atoms with van der Waals surface area (Å²) >= 11 is 0. The van der Waals surface area contributed by atoms with E-state index in [1.54, 1.807) is 0 Å². The molecular formula is C5H12N2O. The molecule has 0 aliphatic rings. The minimum Gasteiger partial charge on any atom is -0.259 e. The first-order valence-corrected chi connectivity index (χ1v) is 2.82. The molecule has 0 fully saturated rings. The first kappa shape index (κ1) is 7.40. The van der Waals surface area contributed by atoms with E-state index >= 15 is 0 Å². The third kappa shape index (κ3) is 1.91. The van der Waals surface area contributed by atoms with E-state index in [4.69, 9.17) is 0 Å². The van der Waals surface area contributed by atoms with Crippen molar-refractivity contribution >= 4 is 0 Å². The molecule has 0 aliphatic carbocycles. The lowest BCUT2D eigenvalue weighted by Gasteiger charge is -2.15. The predicted octanol–water partition coefficient (Wildman–Crippen LogP) is 1.40. The Kier molecular flexibility index (Phi) is 3.15. The van der Waals surface area contributed by atoms with Crippen LogP contribution in [0.2, 0.25) is 0 Å². The first-order chi connectivity index (χ1) is 3.72. The number of nitrogens with zero attached hydrogens (tertiary/aromatic N) is 2. The predicted molar refractivity (Wildman–Crippen MR) is 33.3 cm³/mol. The molecule has 0 unspecified atom stereocenters. The van der Waals surface area contributed by atoms with Crippen LogP contribution in [0.1, 0.15) is 20.8 Å². The van der Waals surface area contributed by atoms with Crippen LogP contribution in [-0.4, -0.2) is 17.6 Å². The van der Waals surface area contributed by atoms with Gasteiger partial charge in [0.05, 0.1) is 5.29 Å². The fourth-order valence-electron chi connectivity index (χ4n) is 0.517. The molecule has 0 heterocycles. The summed E-state index contributed by atoms with van der Waals surface area (Å²) in [4.78, 5) is 9.85. The van der Waals surface area contributed by atoms with Crippen molar-refractivity contribution in [2.75, 3.05) is 6.54 Å². The van der Waals surface area contributed by atoms with E-state index in [-0.39, 0.29) is 6.04 Å². The standard InChI is InChI=1S/C5H12N2O/c1-4-7(6-8)5(2)3/h5H,4H2,1-3H3/i2+1,3+1,5+1. The molecule has 3 nitrogen and oxygen atoms in total. The van der Waals surface area contributed by atoms with Crippen LogP contribution in [0.15, 0.2) is 5.29 Å². The summed E-state index contributed by atoms with van der Waals surface area (Å²) in [6.07, 6.45) is 0. The molecule has 0 bridgehead atoms. The lowest BCUT2D eigenvalue weighted by Crippen LogP contribution is -2.23. The van der Waals surface area contributed by atoms with Crippen molar-refractivity contribution in [2.24, 2.45) is 5.29 Å². The molecule has 0 saturated carbocycles. The molecule has 8 heavy (non-hydrogen) atoms. The summed E-state index contributed by atoms with van der Waals surface area (Å²) in [7, 11) is 0. The Labute approximate surface area is 49.6 Å². The minimum atomic E-state index is 0.234. The lowest BCUT2D eigenvalue weighted by molar-refractivity contribution is 0.241. The molecule has 0 N–H and O–H groups in total. The van der Waals surface area contributed by atoms with Gasteiger partial charge in [0.1, 0.15) is 0 Å². The summed E-state index contributed by atoms with van der Waals surface area (Å²) in [5.41, 5.74) is 0.